The van der Waals surface area contributed by atoms with Crippen molar-refractivity contribution in [3.05, 3.63) is 29.8 Å². The third-order valence-corrected chi connectivity index (χ3v) is 3.36. The van der Waals surface area contributed by atoms with Crippen LogP contribution in [0.15, 0.2) is 24.3 Å². The van der Waals surface area contributed by atoms with Gasteiger partial charge in [-0.15, -0.1) is 0 Å². The van der Waals surface area contributed by atoms with E-state index in [0.717, 1.165) is 37.2 Å². The van der Waals surface area contributed by atoms with Gasteiger partial charge in [-0.05, 0) is 57.5 Å². The van der Waals surface area contributed by atoms with E-state index in [9.17, 15) is 4.79 Å². The topological polar surface area (TPSA) is 50.4 Å². The number of rotatable bonds is 4. The normalized spacial score (nSPS) is 17.8. The van der Waals surface area contributed by atoms with Gasteiger partial charge < -0.3 is 15.4 Å². The molecular weight excluding hydrogens is 240 g/mol. The van der Waals surface area contributed by atoms with Gasteiger partial charge in [0.1, 0.15) is 5.75 Å². The third-order valence-electron chi connectivity index (χ3n) is 3.36. The van der Waals surface area contributed by atoms with Crippen molar-refractivity contribution in [2.75, 3.05) is 13.1 Å². The number of carbonyl (C=O) groups excluding carboxylic acids is 1. The lowest BCUT2D eigenvalue weighted by Crippen LogP contribution is -2.46. The minimum Gasteiger partial charge on any atom is -0.481 e. The molecule has 1 aliphatic heterocycles. The van der Waals surface area contributed by atoms with Crippen LogP contribution in [0.2, 0.25) is 0 Å². The highest BCUT2D eigenvalue weighted by Gasteiger charge is 2.20. The molecule has 1 saturated heterocycles. The zero-order valence-corrected chi connectivity index (χ0v) is 11.6. The summed E-state index contributed by atoms with van der Waals surface area (Å²) >= 11 is 0. The molecule has 4 heteroatoms. The lowest BCUT2D eigenvalue weighted by Gasteiger charge is -2.25. The van der Waals surface area contributed by atoms with E-state index in [2.05, 4.69) is 10.6 Å². The molecule has 104 valence electrons. The summed E-state index contributed by atoms with van der Waals surface area (Å²) in [5.74, 6) is 0.710. The van der Waals surface area contributed by atoms with Gasteiger partial charge in [0.25, 0.3) is 5.91 Å². The van der Waals surface area contributed by atoms with Crippen molar-refractivity contribution in [3.8, 4) is 5.75 Å². The molecule has 0 bridgehead atoms. The summed E-state index contributed by atoms with van der Waals surface area (Å²) in [6.45, 7) is 5.74. The van der Waals surface area contributed by atoms with E-state index >= 15 is 0 Å². The molecule has 1 fully saturated rings. The van der Waals surface area contributed by atoms with E-state index in [-0.39, 0.29) is 11.9 Å². The maximum Gasteiger partial charge on any atom is 0.260 e. The fourth-order valence-corrected chi connectivity index (χ4v) is 2.23. The Kier molecular flexibility index (Phi) is 4.80. The van der Waals surface area contributed by atoms with Gasteiger partial charge >= 0.3 is 0 Å². The summed E-state index contributed by atoms with van der Waals surface area (Å²) in [6, 6.07) is 8.03. The van der Waals surface area contributed by atoms with E-state index in [1.165, 1.54) is 0 Å². The lowest BCUT2D eigenvalue weighted by atomic mass is 10.1. The Morgan fingerprint density at radius 2 is 2.16 bits per heavy atom. The molecule has 1 atom stereocenters. The Labute approximate surface area is 114 Å². The molecule has 0 aliphatic carbocycles. The molecule has 4 nitrogen and oxygen atoms in total. The molecule has 1 aromatic rings. The number of piperidine rings is 1. The van der Waals surface area contributed by atoms with Crippen molar-refractivity contribution in [3.63, 3.8) is 0 Å². The minimum atomic E-state index is -0.461. The van der Waals surface area contributed by atoms with Crippen molar-refractivity contribution in [1.29, 1.82) is 0 Å². The summed E-state index contributed by atoms with van der Waals surface area (Å²) in [5.41, 5.74) is 1.13. The van der Waals surface area contributed by atoms with E-state index in [1.807, 2.05) is 31.2 Å². The summed E-state index contributed by atoms with van der Waals surface area (Å²) < 4.78 is 5.67. The number of benzene rings is 1. The molecule has 1 amide bonds. The predicted octanol–water partition coefficient (Wildman–Crippen LogP) is 1.63. The van der Waals surface area contributed by atoms with Crippen molar-refractivity contribution in [2.45, 2.75) is 38.8 Å². The second kappa shape index (κ2) is 6.57. The van der Waals surface area contributed by atoms with Gasteiger partial charge in [0.15, 0.2) is 6.10 Å². The number of aryl methyl sites for hydroxylation is 1. The monoisotopic (exact) mass is 262 g/mol. The number of nitrogens with one attached hydrogen (secondary N) is 2. The van der Waals surface area contributed by atoms with Crippen molar-refractivity contribution in [1.82, 2.24) is 10.6 Å². The van der Waals surface area contributed by atoms with Gasteiger partial charge in [0.2, 0.25) is 0 Å². The quantitative estimate of drug-likeness (QED) is 0.867. The van der Waals surface area contributed by atoms with Crippen LogP contribution in [0.5, 0.6) is 5.75 Å². The Bertz CT molecular complexity index is 428. The van der Waals surface area contributed by atoms with Crippen LogP contribution in [0, 0.1) is 6.92 Å². The van der Waals surface area contributed by atoms with Gasteiger partial charge in [-0.3, -0.25) is 4.79 Å². The second-order valence-corrected chi connectivity index (χ2v) is 5.11. The first-order valence-corrected chi connectivity index (χ1v) is 6.89. The molecule has 2 rings (SSSR count). The first kappa shape index (κ1) is 13.9. The molecule has 0 spiro atoms. The maximum atomic E-state index is 12.0. The average molecular weight is 262 g/mol. The largest absolute Gasteiger partial charge is 0.481 e. The van der Waals surface area contributed by atoms with E-state index < -0.39 is 6.10 Å². The Hall–Kier alpha value is -1.55. The number of hydrogen-bond acceptors (Lipinski definition) is 3. The molecule has 2 N–H and O–H groups in total. The number of hydrogen-bond donors (Lipinski definition) is 2. The molecule has 19 heavy (non-hydrogen) atoms. The van der Waals surface area contributed by atoms with Gasteiger partial charge in [-0.1, -0.05) is 12.1 Å². The van der Waals surface area contributed by atoms with Gasteiger partial charge in [0.05, 0.1) is 0 Å². The molecular formula is C15H22N2O2. The lowest BCUT2D eigenvalue weighted by molar-refractivity contribution is -0.128. The Balaban J connectivity index is 1.84. The van der Waals surface area contributed by atoms with Crippen LogP contribution in [0.3, 0.4) is 0 Å². The molecule has 0 radical (unpaired) electrons. The molecule has 1 heterocycles. The zero-order valence-electron chi connectivity index (χ0n) is 11.6. The van der Waals surface area contributed by atoms with E-state index in [4.69, 9.17) is 4.74 Å². The second-order valence-electron chi connectivity index (χ2n) is 5.11. The Morgan fingerprint density at radius 1 is 1.42 bits per heavy atom. The van der Waals surface area contributed by atoms with Crippen molar-refractivity contribution in [2.24, 2.45) is 0 Å². The summed E-state index contributed by atoms with van der Waals surface area (Å²) in [4.78, 5) is 12.0. The summed E-state index contributed by atoms with van der Waals surface area (Å²) in [6.07, 6.45) is 1.52. The summed E-state index contributed by atoms with van der Waals surface area (Å²) in [7, 11) is 0. The maximum absolute atomic E-state index is 12.0. The van der Waals surface area contributed by atoms with Crippen LogP contribution >= 0.6 is 0 Å². The molecule has 1 aliphatic rings. The number of carbonyl (C=O) groups is 1. The smallest absolute Gasteiger partial charge is 0.260 e. The number of ether oxygens (including phenoxy) is 1. The SMILES string of the molecule is Cc1cccc(OC(C)C(=O)NC2CCNCC2)c1. The van der Waals surface area contributed by atoms with Crippen molar-refractivity contribution >= 4 is 5.91 Å². The van der Waals surface area contributed by atoms with Gasteiger partial charge in [-0.2, -0.15) is 0 Å². The summed E-state index contributed by atoms with van der Waals surface area (Å²) in [5, 5.41) is 6.33. The predicted molar refractivity (Wildman–Crippen MR) is 75.3 cm³/mol. The van der Waals surface area contributed by atoms with Crippen LogP contribution in [0.1, 0.15) is 25.3 Å². The minimum absolute atomic E-state index is 0.0339. The van der Waals surface area contributed by atoms with E-state index in [1.54, 1.807) is 6.92 Å². The highest BCUT2D eigenvalue weighted by molar-refractivity contribution is 5.81. The van der Waals surface area contributed by atoms with Crippen LogP contribution in [0.4, 0.5) is 0 Å². The highest BCUT2D eigenvalue weighted by Crippen LogP contribution is 2.14. The highest BCUT2D eigenvalue weighted by atomic mass is 16.5. The van der Waals surface area contributed by atoms with Gasteiger partial charge in [0, 0.05) is 6.04 Å². The molecule has 0 aromatic heterocycles. The molecule has 1 unspecified atom stereocenters. The fraction of sp³-hybridized carbons (Fsp3) is 0.533. The van der Waals surface area contributed by atoms with Gasteiger partial charge in [-0.25, -0.2) is 0 Å². The van der Waals surface area contributed by atoms with Crippen LogP contribution in [0.25, 0.3) is 0 Å². The zero-order chi connectivity index (χ0) is 13.7. The average Bonchev–Trinajstić information content (AvgIpc) is 2.40. The van der Waals surface area contributed by atoms with Crippen LogP contribution in [-0.2, 0) is 4.79 Å². The van der Waals surface area contributed by atoms with Crippen LogP contribution in [-0.4, -0.2) is 31.1 Å². The first-order chi connectivity index (χ1) is 9.15. The molecule has 1 aromatic carbocycles. The standard InChI is InChI=1S/C15H22N2O2/c1-11-4-3-5-14(10-11)19-12(2)15(18)17-13-6-8-16-9-7-13/h3-5,10,12-13,16H,6-9H2,1-2H3,(H,17,18). The van der Waals surface area contributed by atoms with Crippen LogP contribution < -0.4 is 15.4 Å². The Morgan fingerprint density at radius 3 is 2.84 bits per heavy atom. The third kappa shape index (κ3) is 4.24. The van der Waals surface area contributed by atoms with Crippen molar-refractivity contribution < 1.29 is 9.53 Å². The van der Waals surface area contributed by atoms with E-state index in [0.29, 0.717) is 0 Å². The fourth-order valence-electron chi connectivity index (χ4n) is 2.23. The first-order valence-electron chi connectivity index (χ1n) is 6.89. The number of amides is 1. The molecule has 0 saturated carbocycles.